The van der Waals surface area contributed by atoms with Crippen LogP contribution in [0.2, 0.25) is 0 Å². The van der Waals surface area contributed by atoms with Crippen LogP contribution in [0.3, 0.4) is 0 Å². The second kappa shape index (κ2) is 12.6. The van der Waals surface area contributed by atoms with E-state index in [9.17, 15) is 9.59 Å². The molecule has 2 rings (SSSR count). The van der Waals surface area contributed by atoms with Gasteiger partial charge in [0, 0.05) is 36.6 Å². The Labute approximate surface area is 178 Å². The molecule has 0 bridgehead atoms. The average molecular weight is 422 g/mol. The Morgan fingerprint density at radius 3 is 2.87 bits per heavy atom. The van der Waals surface area contributed by atoms with Crippen molar-refractivity contribution in [3.8, 4) is 0 Å². The lowest BCUT2D eigenvalue weighted by Gasteiger charge is -2.44. The number of likely N-dealkylation sites (tertiary alicyclic amines) is 1. The number of esters is 1. The normalized spacial score (nSPS) is 27.0. The van der Waals surface area contributed by atoms with Crippen molar-refractivity contribution in [2.24, 2.45) is 11.0 Å². The second-order valence-corrected chi connectivity index (χ2v) is 8.04. The quantitative estimate of drug-likeness (QED) is 0.191. The fourth-order valence-electron chi connectivity index (χ4n) is 4.26. The minimum atomic E-state index is -0.547. The zero-order chi connectivity index (χ0) is 21.9. The van der Waals surface area contributed by atoms with Crippen molar-refractivity contribution in [3.63, 3.8) is 0 Å². The van der Waals surface area contributed by atoms with E-state index in [4.69, 9.17) is 15.0 Å². The van der Waals surface area contributed by atoms with Crippen LogP contribution in [0.15, 0.2) is 16.8 Å². The Kier molecular flexibility index (Phi) is 10.1. The number of nitrogens with zero attached hydrogens (tertiary/aromatic N) is 4. The van der Waals surface area contributed by atoms with E-state index in [1.165, 1.54) is 6.92 Å². The van der Waals surface area contributed by atoms with Gasteiger partial charge in [0.05, 0.1) is 25.3 Å². The van der Waals surface area contributed by atoms with E-state index < -0.39 is 18.1 Å². The third kappa shape index (κ3) is 7.00. The fraction of sp³-hybridized carbons (Fsp3) is 0.810. The van der Waals surface area contributed by atoms with Crippen LogP contribution in [0.25, 0.3) is 10.4 Å². The summed E-state index contributed by atoms with van der Waals surface area (Å²) in [5.41, 5.74) is 9.56. The summed E-state index contributed by atoms with van der Waals surface area (Å²) in [6.45, 7) is 8.78. The van der Waals surface area contributed by atoms with Gasteiger partial charge in [-0.3, -0.25) is 9.69 Å². The van der Waals surface area contributed by atoms with Crippen molar-refractivity contribution in [3.05, 3.63) is 22.1 Å². The van der Waals surface area contributed by atoms with Crippen molar-refractivity contribution in [2.45, 2.75) is 71.0 Å². The Hall–Kier alpha value is -2.09. The molecule has 2 aliphatic rings. The number of nitrogens with one attached hydrogen (secondary N) is 1. The Balaban J connectivity index is 2.22. The van der Waals surface area contributed by atoms with Crippen LogP contribution in [0, 0.1) is 5.92 Å². The number of rotatable bonds is 10. The maximum Gasteiger partial charge on any atom is 0.333 e. The number of piperidine rings is 1. The smallest absolute Gasteiger partial charge is 0.333 e. The molecule has 1 aliphatic carbocycles. The Morgan fingerprint density at radius 2 is 2.20 bits per heavy atom. The van der Waals surface area contributed by atoms with Gasteiger partial charge in [-0.25, -0.2) is 4.79 Å². The van der Waals surface area contributed by atoms with Crippen molar-refractivity contribution >= 4 is 11.9 Å². The van der Waals surface area contributed by atoms with Gasteiger partial charge in [-0.2, -0.15) is 0 Å². The molecule has 30 heavy (non-hydrogen) atoms. The summed E-state index contributed by atoms with van der Waals surface area (Å²) in [6.07, 6.45) is 6.42. The topological polar surface area (TPSA) is 117 Å². The maximum atomic E-state index is 12.4. The lowest BCUT2D eigenvalue weighted by Crippen LogP contribution is -2.59. The Bertz CT molecular complexity index is 662. The van der Waals surface area contributed by atoms with Gasteiger partial charge in [-0.1, -0.05) is 24.5 Å². The van der Waals surface area contributed by atoms with Gasteiger partial charge in [0.1, 0.15) is 0 Å². The molecule has 0 aromatic rings. The zero-order valence-corrected chi connectivity index (χ0v) is 18.4. The monoisotopic (exact) mass is 421 g/mol. The molecule has 1 saturated heterocycles. The predicted octanol–water partition coefficient (Wildman–Crippen LogP) is 2.96. The number of ether oxygens (including phenoxy) is 2. The number of unbranched alkanes of at least 4 members (excludes halogenated alkanes) is 1. The summed E-state index contributed by atoms with van der Waals surface area (Å²) in [4.78, 5) is 29.5. The third-order valence-electron chi connectivity index (χ3n) is 5.66. The van der Waals surface area contributed by atoms with Gasteiger partial charge in [0.15, 0.2) is 0 Å². The first-order valence-corrected chi connectivity index (χ1v) is 11.0. The molecule has 9 nitrogen and oxygen atoms in total. The molecular formula is C21H35N5O4. The molecule has 9 heteroatoms. The van der Waals surface area contributed by atoms with Crippen LogP contribution in [0.4, 0.5) is 0 Å². The third-order valence-corrected chi connectivity index (χ3v) is 5.66. The van der Waals surface area contributed by atoms with Gasteiger partial charge < -0.3 is 14.8 Å². The van der Waals surface area contributed by atoms with E-state index in [2.05, 4.69) is 27.2 Å². The lowest BCUT2D eigenvalue weighted by molar-refractivity contribution is -0.138. The van der Waals surface area contributed by atoms with Gasteiger partial charge in [-0.05, 0) is 50.6 Å². The van der Waals surface area contributed by atoms with Gasteiger partial charge >= 0.3 is 5.97 Å². The summed E-state index contributed by atoms with van der Waals surface area (Å²) < 4.78 is 11.0. The zero-order valence-electron chi connectivity index (χ0n) is 18.4. The number of carbonyl (C=O) groups is 2. The first kappa shape index (κ1) is 24.2. The molecule has 0 spiro atoms. The van der Waals surface area contributed by atoms with Crippen LogP contribution in [-0.2, 0) is 19.1 Å². The molecular weight excluding hydrogens is 386 g/mol. The summed E-state index contributed by atoms with van der Waals surface area (Å²) in [5, 5.41) is 6.87. The first-order chi connectivity index (χ1) is 14.5. The number of azide groups is 1. The van der Waals surface area contributed by atoms with E-state index in [0.717, 1.165) is 45.4 Å². The minimum Gasteiger partial charge on any atom is -0.463 e. The van der Waals surface area contributed by atoms with Crippen LogP contribution < -0.4 is 5.32 Å². The van der Waals surface area contributed by atoms with E-state index in [1.807, 2.05) is 6.08 Å². The van der Waals surface area contributed by atoms with Gasteiger partial charge in [0.25, 0.3) is 0 Å². The summed E-state index contributed by atoms with van der Waals surface area (Å²) in [7, 11) is 0. The van der Waals surface area contributed by atoms with Crippen molar-refractivity contribution in [1.82, 2.24) is 10.2 Å². The van der Waals surface area contributed by atoms with E-state index >= 15 is 0 Å². The SMILES string of the molecule is CCCCOC[C@H]1CCCN([C@@H]2C=C(C(=O)OCC)CC(N=[N+]=[N-])[C@H]2NC(C)=O)C1. The standard InChI is InChI=1S/C21H35N5O4/c1-4-6-10-29-14-16-8-7-9-26(13-16)19-12-17(21(28)30-5-2)11-18(24-25-22)20(19)23-15(3)27/h12,16,18-20H,4-11,13-14H2,1-3H3,(H,23,27)/t16-,18?,19+,20+/m0/s1. The molecule has 1 fully saturated rings. The lowest BCUT2D eigenvalue weighted by atomic mass is 9.84. The van der Waals surface area contributed by atoms with Crippen LogP contribution in [-0.4, -0.2) is 67.8 Å². The highest BCUT2D eigenvalue weighted by molar-refractivity contribution is 5.89. The minimum absolute atomic E-state index is 0.187. The highest BCUT2D eigenvalue weighted by Gasteiger charge is 2.40. The van der Waals surface area contributed by atoms with E-state index in [1.54, 1.807) is 6.92 Å². The molecule has 0 aromatic carbocycles. The molecule has 1 heterocycles. The maximum absolute atomic E-state index is 12.4. The molecule has 1 amide bonds. The number of amides is 1. The summed E-state index contributed by atoms with van der Waals surface area (Å²) in [6, 6.07) is -1.18. The molecule has 0 radical (unpaired) electrons. The molecule has 1 N–H and O–H groups in total. The van der Waals surface area contributed by atoms with Gasteiger partial charge in [0.2, 0.25) is 5.91 Å². The number of hydrogen-bond acceptors (Lipinski definition) is 6. The number of hydrogen-bond donors (Lipinski definition) is 1. The molecule has 1 aliphatic heterocycles. The van der Waals surface area contributed by atoms with Crippen molar-refractivity contribution < 1.29 is 19.1 Å². The summed E-state index contributed by atoms with van der Waals surface area (Å²) in [5.74, 6) is -0.182. The molecule has 1 unspecified atom stereocenters. The highest BCUT2D eigenvalue weighted by atomic mass is 16.5. The predicted molar refractivity (Wildman–Crippen MR) is 114 cm³/mol. The number of carbonyl (C=O) groups excluding carboxylic acids is 2. The summed E-state index contributed by atoms with van der Waals surface area (Å²) >= 11 is 0. The average Bonchev–Trinajstić information content (AvgIpc) is 2.72. The van der Waals surface area contributed by atoms with Crippen LogP contribution >= 0.6 is 0 Å². The molecule has 0 aromatic heterocycles. The molecule has 4 atom stereocenters. The van der Waals surface area contributed by atoms with Gasteiger partial charge in [-0.15, -0.1) is 0 Å². The highest BCUT2D eigenvalue weighted by Crippen LogP contribution is 2.30. The van der Waals surface area contributed by atoms with E-state index in [-0.39, 0.29) is 25.0 Å². The Morgan fingerprint density at radius 1 is 1.40 bits per heavy atom. The second-order valence-electron chi connectivity index (χ2n) is 8.04. The van der Waals surface area contributed by atoms with Crippen LogP contribution in [0.5, 0.6) is 0 Å². The molecule has 168 valence electrons. The van der Waals surface area contributed by atoms with Crippen molar-refractivity contribution in [1.29, 1.82) is 0 Å². The largest absolute Gasteiger partial charge is 0.463 e. The fourth-order valence-corrected chi connectivity index (χ4v) is 4.26. The first-order valence-electron chi connectivity index (χ1n) is 11.0. The molecule has 0 saturated carbocycles. The van der Waals surface area contributed by atoms with Crippen molar-refractivity contribution in [2.75, 3.05) is 32.9 Å². The van der Waals surface area contributed by atoms with E-state index in [0.29, 0.717) is 18.1 Å². The van der Waals surface area contributed by atoms with Crippen LogP contribution in [0.1, 0.15) is 52.9 Å².